The van der Waals surface area contributed by atoms with E-state index in [4.69, 9.17) is 5.53 Å². The molecular weight excluding hydrogens is 274 g/mol. The number of carbonyl (C=O) groups is 1. The Labute approximate surface area is 128 Å². The zero-order valence-electron chi connectivity index (χ0n) is 12.2. The molecule has 0 spiro atoms. The quantitative estimate of drug-likeness (QED) is 0.628. The molecule has 0 atom stereocenters. The van der Waals surface area contributed by atoms with Gasteiger partial charge in [-0.2, -0.15) is 5.53 Å². The van der Waals surface area contributed by atoms with Crippen molar-refractivity contribution in [2.24, 2.45) is 5.11 Å². The van der Waals surface area contributed by atoms with Crippen LogP contribution < -0.4 is 4.90 Å². The Kier molecular flexibility index (Phi) is 3.66. The Morgan fingerprint density at radius 3 is 2.36 bits per heavy atom. The summed E-state index contributed by atoms with van der Waals surface area (Å²) in [4.78, 5) is 13.6. The predicted octanol–water partition coefficient (Wildman–Crippen LogP) is 5.44. The van der Waals surface area contributed by atoms with Crippen LogP contribution in [0.25, 0.3) is 10.8 Å². The molecule has 4 heteroatoms. The normalized spacial score (nSPS) is 10.4. The molecule has 3 aromatic carbocycles. The highest BCUT2D eigenvalue weighted by atomic mass is 16.2. The number of carbonyl (C=O) groups excluding carboxylic acids is 1. The molecule has 0 aliphatic heterocycles. The molecule has 0 fully saturated rings. The molecule has 3 aromatic rings. The van der Waals surface area contributed by atoms with E-state index in [-0.39, 0.29) is 0 Å². The summed E-state index contributed by atoms with van der Waals surface area (Å²) in [5.41, 5.74) is 9.53. The molecule has 0 bridgehead atoms. The fourth-order valence-corrected chi connectivity index (χ4v) is 2.64. The van der Waals surface area contributed by atoms with Crippen LogP contribution in [0.4, 0.5) is 16.2 Å². The Hall–Kier alpha value is -3.01. The Balaban J connectivity index is 2.23. The topological polar surface area (TPSA) is 56.5 Å². The van der Waals surface area contributed by atoms with Gasteiger partial charge in [-0.1, -0.05) is 53.6 Å². The molecule has 0 unspecified atom stereocenters. The number of nitrogens with one attached hydrogen (secondary N) is 1. The molecular formula is C18H15N3O. The highest BCUT2D eigenvalue weighted by Gasteiger charge is 2.20. The van der Waals surface area contributed by atoms with E-state index < -0.39 is 6.03 Å². The molecule has 0 aromatic heterocycles. The van der Waals surface area contributed by atoms with Gasteiger partial charge in [-0.25, -0.2) is 4.79 Å². The number of hydrogen-bond donors (Lipinski definition) is 1. The number of fused-ring (bicyclic) bond motifs is 1. The Bertz CT molecular complexity index is 843. The van der Waals surface area contributed by atoms with Gasteiger partial charge in [0.15, 0.2) is 0 Å². The summed E-state index contributed by atoms with van der Waals surface area (Å²) >= 11 is 0. The number of rotatable bonds is 2. The van der Waals surface area contributed by atoms with Crippen LogP contribution in [0, 0.1) is 12.5 Å². The number of benzene rings is 3. The Morgan fingerprint density at radius 2 is 1.64 bits per heavy atom. The third-order valence-corrected chi connectivity index (χ3v) is 3.71. The number of anilines is 2. The second kappa shape index (κ2) is 5.77. The van der Waals surface area contributed by atoms with Crippen molar-refractivity contribution < 1.29 is 4.79 Å². The first-order chi connectivity index (χ1) is 10.7. The number of para-hydroxylation sites is 1. The van der Waals surface area contributed by atoms with E-state index in [2.05, 4.69) is 5.11 Å². The highest BCUT2D eigenvalue weighted by Crippen LogP contribution is 2.33. The van der Waals surface area contributed by atoms with Gasteiger partial charge in [-0.15, -0.1) is 0 Å². The van der Waals surface area contributed by atoms with Gasteiger partial charge < -0.3 is 0 Å². The lowest BCUT2D eigenvalue weighted by Gasteiger charge is -2.22. The van der Waals surface area contributed by atoms with Gasteiger partial charge in [-0.05, 0) is 41.5 Å². The summed E-state index contributed by atoms with van der Waals surface area (Å²) in [6.07, 6.45) is 0. The minimum absolute atomic E-state index is 0.607. The minimum Gasteiger partial charge on any atom is -0.260 e. The molecule has 0 saturated heterocycles. The van der Waals surface area contributed by atoms with Crippen LogP contribution in [0.2, 0.25) is 0 Å². The zero-order valence-corrected chi connectivity index (χ0v) is 12.2. The number of nitrogens with zero attached hydrogens (tertiary/aromatic N) is 2. The van der Waals surface area contributed by atoms with Crippen molar-refractivity contribution >= 4 is 28.2 Å². The molecule has 1 N–H and O–H groups in total. The van der Waals surface area contributed by atoms with Crippen molar-refractivity contribution in [3.8, 4) is 0 Å². The molecule has 0 heterocycles. The van der Waals surface area contributed by atoms with Crippen LogP contribution in [-0.4, -0.2) is 6.03 Å². The van der Waals surface area contributed by atoms with Gasteiger partial charge in [0.2, 0.25) is 0 Å². The van der Waals surface area contributed by atoms with Crippen LogP contribution in [0.1, 0.15) is 5.56 Å². The summed E-state index contributed by atoms with van der Waals surface area (Å²) in [6.45, 7) is 1.98. The number of aryl methyl sites for hydroxylation is 1. The molecule has 0 aliphatic rings. The molecule has 0 radical (unpaired) electrons. The average molecular weight is 289 g/mol. The summed E-state index contributed by atoms with van der Waals surface area (Å²) < 4.78 is 0. The molecule has 3 rings (SSSR count). The molecule has 108 valence electrons. The fourth-order valence-electron chi connectivity index (χ4n) is 2.64. The smallest absolute Gasteiger partial charge is 0.260 e. The van der Waals surface area contributed by atoms with Gasteiger partial charge in [0.05, 0.1) is 11.4 Å². The molecule has 2 amide bonds. The minimum atomic E-state index is -0.607. The van der Waals surface area contributed by atoms with Gasteiger partial charge in [0, 0.05) is 0 Å². The van der Waals surface area contributed by atoms with Crippen molar-refractivity contribution in [2.75, 3.05) is 4.90 Å². The fraction of sp³-hybridized carbons (Fsp3) is 0.0556. The number of hydrogen-bond acceptors (Lipinski definition) is 2. The molecule has 0 saturated carbocycles. The summed E-state index contributed by atoms with van der Waals surface area (Å²) in [7, 11) is 0. The van der Waals surface area contributed by atoms with E-state index in [0.29, 0.717) is 5.69 Å². The van der Waals surface area contributed by atoms with Crippen molar-refractivity contribution in [3.05, 3.63) is 72.3 Å². The molecule has 4 nitrogen and oxygen atoms in total. The highest BCUT2D eigenvalue weighted by molar-refractivity contribution is 6.03. The first-order valence-corrected chi connectivity index (χ1v) is 6.97. The van der Waals surface area contributed by atoms with E-state index >= 15 is 0 Å². The van der Waals surface area contributed by atoms with Gasteiger partial charge in [0.25, 0.3) is 0 Å². The zero-order chi connectivity index (χ0) is 15.5. The lowest BCUT2D eigenvalue weighted by Crippen LogP contribution is -2.22. The van der Waals surface area contributed by atoms with Crippen LogP contribution >= 0.6 is 0 Å². The average Bonchev–Trinajstić information content (AvgIpc) is 2.58. The third kappa shape index (κ3) is 2.35. The van der Waals surface area contributed by atoms with Crippen LogP contribution in [0.5, 0.6) is 0 Å². The van der Waals surface area contributed by atoms with Crippen molar-refractivity contribution in [1.29, 1.82) is 5.53 Å². The van der Waals surface area contributed by atoms with E-state index in [1.54, 1.807) is 0 Å². The molecule has 22 heavy (non-hydrogen) atoms. The van der Waals surface area contributed by atoms with Crippen LogP contribution in [0.15, 0.2) is 71.8 Å². The Morgan fingerprint density at radius 1 is 0.955 bits per heavy atom. The second-order valence-corrected chi connectivity index (χ2v) is 5.00. The lowest BCUT2D eigenvalue weighted by molar-refractivity contribution is 0.254. The number of amides is 2. The summed E-state index contributed by atoms with van der Waals surface area (Å²) in [6, 6.07) is 20.6. The lowest BCUT2D eigenvalue weighted by atomic mass is 10.0. The van der Waals surface area contributed by atoms with Gasteiger partial charge >= 0.3 is 6.03 Å². The van der Waals surface area contributed by atoms with Crippen LogP contribution in [0.3, 0.4) is 0 Å². The van der Waals surface area contributed by atoms with E-state index in [1.165, 1.54) is 4.90 Å². The van der Waals surface area contributed by atoms with Crippen molar-refractivity contribution in [2.45, 2.75) is 6.92 Å². The van der Waals surface area contributed by atoms with Crippen LogP contribution in [-0.2, 0) is 0 Å². The second-order valence-electron chi connectivity index (χ2n) is 5.00. The van der Waals surface area contributed by atoms with E-state index in [9.17, 15) is 4.79 Å². The van der Waals surface area contributed by atoms with Gasteiger partial charge in [-0.3, -0.25) is 4.90 Å². The summed E-state index contributed by atoms with van der Waals surface area (Å²) in [5, 5.41) is 5.30. The van der Waals surface area contributed by atoms with Gasteiger partial charge in [0.1, 0.15) is 0 Å². The van der Waals surface area contributed by atoms with E-state index in [0.717, 1.165) is 22.0 Å². The standard InChI is InChI=1S/C18H15N3O/c1-13-16-10-6-5-7-14(16)11-12-17(13)21(18(22)20-19)15-8-3-2-4-9-15/h2-12,19H,1H3. The maximum atomic E-state index is 12.2. The first kappa shape index (κ1) is 13.9. The van der Waals surface area contributed by atoms with Crippen molar-refractivity contribution in [3.63, 3.8) is 0 Å². The SMILES string of the molecule is Cc1c(N(C(=O)N=N)c2ccccc2)ccc2ccccc12. The first-order valence-electron chi connectivity index (χ1n) is 6.97. The number of urea groups is 1. The largest absolute Gasteiger partial charge is 0.370 e. The summed E-state index contributed by atoms with van der Waals surface area (Å²) in [5.74, 6) is 0. The maximum Gasteiger partial charge on any atom is 0.370 e. The predicted molar refractivity (Wildman–Crippen MR) is 87.8 cm³/mol. The maximum absolute atomic E-state index is 12.2. The molecule has 0 aliphatic carbocycles. The van der Waals surface area contributed by atoms with E-state index in [1.807, 2.05) is 73.7 Å². The monoisotopic (exact) mass is 289 g/mol. The van der Waals surface area contributed by atoms with Crippen molar-refractivity contribution in [1.82, 2.24) is 0 Å². The third-order valence-electron chi connectivity index (χ3n) is 3.71.